The molecule has 2 N–H and O–H groups in total. The van der Waals surface area contributed by atoms with Gasteiger partial charge in [-0.1, -0.05) is 6.07 Å². The van der Waals surface area contributed by atoms with Crippen LogP contribution in [-0.4, -0.2) is 33.3 Å². The molecule has 0 spiro atoms. The van der Waals surface area contributed by atoms with Gasteiger partial charge in [-0.15, -0.1) is 35.3 Å². The first-order valence-corrected chi connectivity index (χ1v) is 8.83. The van der Waals surface area contributed by atoms with Crippen LogP contribution in [0, 0.1) is 6.92 Å². The highest BCUT2D eigenvalue weighted by atomic mass is 127. The van der Waals surface area contributed by atoms with Crippen LogP contribution >= 0.6 is 35.3 Å². The van der Waals surface area contributed by atoms with Crippen LogP contribution in [0.3, 0.4) is 0 Å². The van der Waals surface area contributed by atoms with Crippen LogP contribution in [-0.2, 0) is 11.3 Å². The lowest BCUT2D eigenvalue weighted by Gasteiger charge is -2.13. The Labute approximate surface area is 170 Å². The summed E-state index contributed by atoms with van der Waals surface area (Å²) in [6, 6.07) is 10.00. The van der Waals surface area contributed by atoms with Gasteiger partial charge in [-0.25, -0.2) is 0 Å². The summed E-state index contributed by atoms with van der Waals surface area (Å²) in [4.78, 5) is 5.58. The lowest BCUT2D eigenvalue weighted by Crippen LogP contribution is -2.30. The second-order valence-electron chi connectivity index (χ2n) is 5.30. The predicted octanol–water partition coefficient (Wildman–Crippen LogP) is 4.28. The van der Waals surface area contributed by atoms with Gasteiger partial charge in [-0.3, -0.25) is 4.99 Å². The highest BCUT2D eigenvalue weighted by Crippen LogP contribution is 2.18. The number of thiophene rings is 1. The molecule has 0 fully saturated rings. The van der Waals surface area contributed by atoms with Crippen molar-refractivity contribution in [2.45, 2.75) is 19.9 Å². The number of aryl methyl sites for hydroxylation is 1. The van der Waals surface area contributed by atoms with Crippen molar-refractivity contribution in [2.75, 3.05) is 32.7 Å². The molecule has 0 bridgehead atoms. The molecule has 7 heteroatoms. The summed E-state index contributed by atoms with van der Waals surface area (Å²) < 4.78 is 10.7. The number of halogens is 1. The molecule has 5 nitrogen and oxygen atoms in total. The molecule has 2 rings (SSSR count). The summed E-state index contributed by atoms with van der Waals surface area (Å²) in [6.45, 7) is 4.23. The zero-order valence-electron chi connectivity index (χ0n) is 14.9. The number of hydrogen-bond acceptors (Lipinski definition) is 4. The van der Waals surface area contributed by atoms with Crippen molar-refractivity contribution in [3.05, 3.63) is 46.2 Å². The second-order valence-corrected chi connectivity index (χ2v) is 6.30. The van der Waals surface area contributed by atoms with E-state index < -0.39 is 0 Å². The zero-order valence-corrected chi connectivity index (χ0v) is 18.0. The molecule has 0 atom stereocenters. The van der Waals surface area contributed by atoms with Gasteiger partial charge in [0.25, 0.3) is 0 Å². The van der Waals surface area contributed by atoms with Gasteiger partial charge in [0.1, 0.15) is 5.75 Å². The predicted molar refractivity (Wildman–Crippen MR) is 117 cm³/mol. The van der Waals surface area contributed by atoms with E-state index in [1.807, 2.05) is 24.3 Å². The van der Waals surface area contributed by atoms with E-state index in [0.717, 1.165) is 30.4 Å². The fourth-order valence-electron chi connectivity index (χ4n) is 2.12. The van der Waals surface area contributed by atoms with Gasteiger partial charge in [0.2, 0.25) is 0 Å². The van der Waals surface area contributed by atoms with Gasteiger partial charge in [0.15, 0.2) is 5.96 Å². The van der Waals surface area contributed by atoms with Crippen molar-refractivity contribution in [3.63, 3.8) is 0 Å². The molecule has 0 unspecified atom stereocenters. The number of nitrogens with one attached hydrogen (secondary N) is 2. The highest BCUT2D eigenvalue weighted by Gasteiger charge is 2.04. The molecular weight excluding hydrogens is 449 g/mol. The minimum Gasteiger partial charge on any atom is -0.493 e. The molecule has 0 saturated carbocycles. The maximum absolute atomic E-state index is 5.72. The molecule has 0 saturated heterocycles. The number of benzene rings is 1. The van der Waals surface area contributed by atoms with Crippen molar-refractivity contribution in [1.29, 1.82) is 0 Å². The summed E-state index contributed by atoms with van der Waals surface area (Å²) in [7, 11) is 3.46. The Morgan fingerprint density at radius 2 is 2.08 bits per heavy atom. The monoisotopic (exact) mass is 475 g/mol. The first kappa shape index (κ1) is 21.7. The van der Waals surface area contributed by atoms with E-state index in [1.54, 1.807) is 25.5 Å². The Bertz CT molecular complexity index is 661. The first-order chi connectivity index (χ1) is 11.7. The lowest BCUT2D eigenvalue weighted by molar-refractivity contribution is 0.172. The van der Waals surface area contributed by atoms with E-state index in [9.17, 15) is 0 Å². The number of rotatable bonds is 8. The molecule has 0 radical (unpaired) electrons. The molecule has 2 aromatic rings. The van der Waals surface area contributed by atoms with Crippen LogP contribution in [0.2, 0.25) is 0 Å². The standard InChI is InChI=1S/C18H25N3O2S.HI/c1-14-8-11-24-17(14)13-20-18(19-2)21-15-6-4-7-16(12-15)23-10-5-9-22-3;/h4,6-8,11-12H,5,9-10,13H2,1-3H3,(H2,19,20,21);1H. The van der Waals surface area contributed by atoms with Crippen LogP contribution in [0.4, 0.5) is 5.69 Å². The SMILES string of the molecule is CN=C(NCc1sccc1C)Nc1cccc(OCCCOC)c1.I. The van der Waals surface area contributed by atoms with E-state index in [1.165, 1.54) is 10.4 Å². The average Bonchev–Trinajstić information content (AvgIpc) is 3.01. The van der Waals surface area contributed by atoms with Crippen LogP contribution < -0.4 is 15.4 Å². The summed E-state index contributed by atoms with van der Waals surface area (Å²) in [5.74, 6) is 1.57. The van der Waals surface area contributed by atoms with Crippen LogP contribution in [0.25, 0.3) is 0 Å². The van der Waals surface area contributed by atoms with Crippen LogP contribution in [0.15, 0.2) is 40.7 Å². The summed E-state index contributed by atoms with van der Waals surface area (Å²) in [5, 5.41) is 8.73. The molecule has 138 valence electrons. The molecule has 0 aliphatic rings. The number of aliphatic imine (C=N–C) groups is 1. The number of methoxy groups -OCH3 is 1. The molecule has 1 aromatic carbocycles. The number of ether oxygens (including phenoxy) is 2. The van der Waals surface area contributed by atoms with Crippen molar-refractivity contribution >= 4 is 47.0 Å². The quantitative estimate of drug-likeness (QED) is 0.259. The highest BCUT2D eigenvalue weighted by molar-refractivity contribution is 14.0. The summed E-state index contributed by atoms with van der Waals surface area (Å²) in [6.07, 6.45) is 0.873. The Balaban J connectivity index is 0.00000312. The Hall–Kier alpha value is -1.32. The molecule has 1 heterocycles. The molecule has 0 aliphatic heterocycles. The average molecular weight is 475 g/mol. The minimum atomic E-state index is 0. The van der Waals surface area contributed by atoms with Gasteiger partial charge in [0.05, 0.1) is 13.2 Å². The van der Waals surface area contributed by atoms with Gasteiger partial charge >= 0.3 is 0 Å². The molecule has 25 heavy (non-hydrogen) atoms. The zero-order chi connectivity index (χ0) is 17.2. The van der Waals surface area contributed by atoms with Crippen LogP contribution in [0.5, 0.6) is 5.75 Å². The van der Waals surface area contributed by atoms with Crippen molar-refractivity contribution in [1.82, 2.24) is 5.32 Å². The minimum absolute atomic E-state index is 0. The number of guanidine groups is 1. The lowest BCUT2D eigenvalue weighted by atomic mass is 10.3. The third-order valence-corrected chi connectivity index (χ3v) is 4.49. The van der Waals surface area contributed by atoms with Gasteiger partial charge < -0.3 is 20.1 Å². The second kappa shape index (κ2) is 12.1. The van der Waals surface area contributed by atoms with Crippen molar-refractivity contribution in [3.8, 4) is 5.75 Å². The van der Waals surface area contributed by atoms with Crippen LogP contribution in [0.1, 0.15) is 16.9 Å². The number of nitrogens with zero attached hydrogens (tertiary/aromatic N) is 1. The normalized spacial score (nSPS) is 10.9. The Morgan fingerprint density at radius 3 is 2.76 bits per heavy atom. The van der Waals surface area contributed by atoms with Gasteiger partial charge in [-0.05, 0) is 36.1 Å². The number of anilines is 1. The third-order valence-electron chi connectivity index (χ3n) is 3.47. The summed E-state index contributed by atoms with van der Waals surface area (Å²) >= 11 is 1.75. The Morgan fingerprint density at radius 1 is 1.24 bits per heavy atom. The van der Waals surface area contributed by atoms with E-state index >= 15 is 0 Å². The molecule has 1 aromatic heterocycles. The van der Waals surface area contributed by atoms with E-state index in [2.05, 4.69) is 34.0 Å². The van der Waals surface area contributed by atoms with Gasteiger partial charge in [-0.2, -0.15) is 0 Å². The molecule has 0 amide bonds. The maximum Gasteiger partial charge on any atom is 0.195 e. The van der Waals surface area contributed by atoms with E-state index in [4.69, 9.17) is 9.47 Å². The van der Waals surface area contributed by atoms with E-state index in [0.29, 0.717) is 13.2 Å². The maximum atomic E-state index is 5.72. The largest absolute Gasteiger partial charge is 0.493 e. The smallest absolute Gasteiger partial charge is 0.195 e. The third kappa shape index (κ3) is 7.62. The molecular formula is C18H26IN3O2S. The Kier molecular flexibility index (Phi) is 10.5. The van der Waals surface area contributed by atoms with Crippen molar-refractivity contribution < 1.29 is 9.47 Å². The topological polar surface area (TPSA) is 54.9 Å². The number of hydrogen-bond donors (Lipinski definition) is 2. The van der Waals surface area contributed by atoms with E-state index in [-0.39, 0.29) is 24.0 Å². The first-order valence-electron chi connectivity index (χ1n) is 7.95. The molecule has 0 aliphatic carbocycles. The van der Waals surface area contributed by atoms with Gasteiger partial charge in [0, 0.05) is 43.8 Å². The van der Waals surface area contributed by atoms with Crippen molar-refractivity contribution in [2.24, 2.45) is 4.99 Å². The fourth-order valence-corrected chi connectivity index (χ4v) is 2.97. The summed E-state index contributed by atoms with van der Waals surface area (Å²) in [5.41, 5.74) is 2.24. The fraction of sp³-hybridized carbons (Fsp3) is 0.389.